The van der Waals surface area contributed by atoms with Crippen LogP contribution in [0.5, 0.6) is 0 Å². The van der Waals surface area contributed by atoms with Gasteiger partial charge in [0.2, 0.25) is 5.91 Å². The van der Waals surface area contributed by atoms with E-state index in [2.05, 4.69) is 0 Å². The highest BCUT2D eigenvalue weighted by Gasteiger charge is 2.28. The van der Waals surface area contributed by atoms with E-state index >= 15 is 0 Å². The zero-order chi connectivity index (χ0) is 11.8. The number of fused-ring (bicyclic) bond motifs is 1. The molecule has 0 aliphatic carbocycles. The SMILES string of the molecule is Nc1cccc2c1N(Cc1cccs1)C(=O)C2. The quantitative estimate of drug-likeness (QED) is 0.825. The highest BCUT2D eigenvalue weighted by atomic mass is 32.1. The Hall–Kier alpha value is -1.81. The van der Waals surface area contributed by atoms with Crippen LogP contribution < -0.4 is 10.6 Å². The molecule has 0 bridgehead atoms. The molecule has 0 atom stereocenters. The summed E-state index contributed by atoms with van der Waals surface area (Å²) in [4.78, 5) is 14.9. The fourth-order valence-corrected chi connectivity index (χ4v) is 2.88. The molecule has 1 aromatic heterocycles. The lowest BCUT2D eigenvalue weighted by atomic mass is 10.1. The summed E-state index contributed by atoms with van der Waals surface area (Å²) in [6.45, 7) is 0.623. The standard InChI is InChI=1S/C13H12N2OS/c14-11-5-1-3-9-7-12(16)15(13(9)11)8-10-4-2-6-17-10/h1-6H,7-8,14H2. The molecule has 0 saturated carbocycles. The Morgan fingerprint density at radius 1 is 1.29 bits per heavy atom. The first kappa shape index (κ1) is 10.4. The van der Waals surface area contributed by atoms with Gasteiger partial charge in [0.15, 0.2) is 0 Å². The second kappa shape index (κ2) is 3.89. The van der Waals surface area contributed by atoms with Crippen molar-refractivity contribution in [3.8, 4) is 0 Å². The number of thiophene rings is 1. The Kier molecular flexibility index (Phi) is 2.37. The van der Waals surface area contributed by atoms with E-state index in [0.29, 0.717) is 18.7 Å². The van der Waals surface area contributed by atoms with Crippen molar-refractivity contribution >= 4 is 28.6 Å². The third kappa shape index (κ3) is 1.70. The van der Waals surface area contributed by atoms with Crippen molar-refractivity contribution in [2.75, 3.05) is 10.6 Å². The highest BCUT2D eigenvalue weighted by molar-refractivity contribution is 7.09. The van der Waals surface area contributed by atoms with Crippen LogP contribution in [0.4, 0.5) is 11.4 Å². The average Bonchev–Trinajstić information content (AvgIpc) is 2.89. The van der Waals surface area contributed by atoms with Crippen LogP contribution in [-0.4, -0.2) is 5.91 Å². The minimum absolute atomic E-state index is 0.131. The topological polar surface area (TPSA) is 46.3 Å². The molecule has 2 aromatic rings. The van der Waals surface area contributed by atoms with E-state index in [1.54, 1.807) is 16.2 Å². The average molecular weight is 244 g/mol. The van der Waals surface area contributed by atoms with Gasteiger partial charge in [-0.2, -0.15) is 0 Å². The van der Waals surface area contributed by atoms with Gasteiger partial charge >= 0.3 is 0 Å². The first-order valence-electron chi connectivity index (χ1n) is 5.46. The summed E-state index contributed by atoms with van der Waals surface area (Å²) in [6, 6.07) is 9.75. The summed E-state index contributed by atoms with van der Waals surface area (Å²) in [5, 5.41) is 2.02. The number of rotatable bonds is 2. The van der Waals surface area contributed by atoms with Gasteiger partial charge in [-0.3, -0.25) is 4.79 Å². The second-order valence-corrected chi connectivity index (χ2v) is 5.12. The summed E-state index contributed by atoms with van der Waals surface area (Å²) in [7, 11) is 0. The number of hydrogen-bond acceptors (Lipinski definition) is 3. The van der Waals surface area contributed by atoms with E-state index in [1.807, 2.05) is 35.7 Å². The zero-order valence-corrected chi connectivity index (χ0v) is 10.0. The molecule has 2 N–H and O–H groups in total. The number of nitrogen functional groups attached to an aromatic ring is 1. The number of carbonyl (C=O) groups is 1. The predicted molar refractivity (Wildman–Crippen MR) is 70.1 cm³/mol. The van der Waals surface area contributed by atoms with Crippen LogP contribution >= 0.6 is 11.3 Å². The molecule has 2 heterocycles. The summed E-state index contributed by atoms with van der Waals surface area (Å²) >= 11 is 1.66. The molecule has 86 valence electrons. The van der Waals surface area contributed by atoms with Gasteiger partial charge in [0.05, 0.1) is 24.3 Å². The second-order valence-electron chi connectivity index (χ2n) is 4.09. The Balaban J connectivity index is 1.99. The van der Waals surface area contributed by atoms with E-state index in [0.717, 1.165) is 11.3 Å². The van der Waals surface area contributed by atoms with Crippen LogP contribution in [-0.2, 0) is 17.8 Å². The van der Waals surface area contributed by atoms with Gasteiger partial charge in [-0.05, 0) is 23.1 Å². The number of para-hydroxylation sites is 1. The molecule has 4 heteroatoms. The molecular formula is C13H12N2OS. The van der Waals surface area contributed by atoms with Crippen LogP contribution in [0, 0.1) is 0 Å². The molecule has 0 radical (unpaired) electrons. The third-order valence-corrected chi connectivity index (χ3v) is 3.82. The molecule has 0 fully saturated rings. The Bertz CT molecular complexity index is 563. The number of hydrogen-bond donors (Lipinski definition) is 1. The molecule has 0 unspecified atom stereocenters. The van der Waals surface area contributed by atoms with E-state index in [9.17, 15) is 4.79 Å². The normalized spacial score (nSPS) is 14.1. The van der Waals surface area contributed by atoms with Crippen LogP contribution in [0.1, 0.15) is 10.4 Å². The fourth-order valence-electron chi connectivity index (χ4n) is 2.19. The van der Waals surface area contributed by atoms with Gasteiger partial charge in [0.1, 0.15) is 0 Å². The lowest BCUT2D eigenvalue weighted by Crippen LogP contribution is -2.26. The maximum absolute atomic E-state index is 12.0. The molecule has 3 nitrogen and oxygen atoms in total. The Morgan fingerprint density at radius 3 is 2.94 bits per heavy atom. The molecule has 3 rings (SSSR count). The van der Waals surface area contributed by atoms with Crippen LogP contribution in [0.3, 0.4) is 0 Å². The third-order valence-electron chi connectivity index (χ3n) is 2.96. The summed E-state index contributed by atoms with van der Waals surface area (Å²) in [5.74, 6) is 0.131. The van der Waals surface area contributed by atoms with E-state index in [1.165, 1.54) is 4.88 Å². The lowest BCUT2D eigenvalue weighted by molar-refractivity contribution is -0.117. The van der Waals surface area contributed by atoms with Gasteiger partial charge < -0.3 is 10.6 Å². The van der Waals surface area contributed by atoms with E-state index in [-0.39, 0.29) is 5.91 Å². The van der Waals surface area contributed by atoms with E-state index in [4.69, 9.17) is 5.73 Å². The van der Waals surface area contributed by atoms with Crippen molar-refractivity contribution in [1.82, 2.24) is 0 Å². The first-order chi connectivity index (χ1) is 8.25. The van der Waals surface area contributed by atoms with Gasteiger partial charge in [-0.1, -0.05) is 18.2 Å². The van der Waals surface area contributed by atoms with Gasteiger partial charge in [0, 0.05) is 4.88 Å². The maximum atomic E-state index is 12.0. The molecular weight excluding hydrogens is 232 g/mol. The molecule has 1 aliphatic heterocycles. The molecule has 0 saturated heterocycles. The van der Waals surface area contributed by atoms with Crippen molar-refractivity contribution in [2.45, 2.75) is 13.0 Å². The monoisotopic (exact) mass is 244 g/mol. The fraction of sp³-hybridized carbons (Fsp3) is 0.154. The van der Waals surface area contributed by atoms with Crippen molar-refractivity contribution in [3.63, 3.8) is 0 Å². The number of nitrogens with two attached hydrogens (primary N) is 1. The lowest BCUT2D eigenvalue weighted by Gasteiger charge is -2.18. The number of nitrogens with zero attached hydrogens (tertiary/aromatic N) is 1. The predicted octanol–water partition coefficient (Wildman–Crippen LogP) is 2.42. The van der Waals surface area contributed by atoms with E-state index < -0.39 is 0 Å². The largest absolute Gasteiger partial charge is 0.397 e. The zero-order valence-electron chi connectivity index (χ0n) is 9.22. The highest BCUT2D eigenvalue weighted by Crippen LogP contribution is 2.35. The number of carbonyl (C=O) groups excluding carboxylic acids is 1. The molecule has 1 aliphatic rings. The van der Waals surface area contributed by atoms with Crippen molar-refractivity contribution < 1.29 is 4.79 Å². The van der Waals surface area contributed by atoms with Gasteiger partial charge in [-0.15, -0.1) is 11.3 Å². The number of amides is 1. The summed E-state index contributed by atoms with van der Waals surface area (Å²) < 4.78 is 0. The number of anilines is 2. The smallest absolute Gasteiger partial charge is 0.231 e. The molecule has 0 spiro atoms. The van der Waals surface area contributed by atoms with Crippen molar-refractivity contribution in [1.29, 1.82) is 0 Å². The summed E-state index contributed by atoms with van der Waals surface area (Å²) in [6.07, 6.45) is 0.464. The maximum Gasteiger partial charge on any atom is 0.231 e. The van der Waals surface area contributed by atoms with Crippen LogP contribution in [0.25, 0.3) is 0 Å². The van der Waals surface area contributed by atoms with Crippen molar-refractivity contribution in [3.05, 3.63) is 46.2 Å². The Morgan fingerprint density at radius 2 is 2.18 bits per heavy atom. The van der Waals surface area contributed by atoms with Crippen molar-refractivity contribution in [2.24, 2.45) is 0 Å². The Labute approximate surface area is 103 Å². The molecule has 1 amide bonds. The summed E-state index contributed by atoms with van der Waals surface area (Å²) in [5.41, 5.74) is 8.58. The minimum atomic E-state index is 0.131. The minimum Gasteiger partial charge on any atom is -0.397 e. The van der Waals surface area contributed by atoms with Gasteiger partial charge in [0.25, 0.3) is 0 Å². The molecule has 1 aromatic carbocycles. The van der Waals surface area contributed by atoms with Gasteiger partial charge in [-0.25, -0.2) is 0 Å². The molecule has 17 heavy (non-hydrogen) atoms. The van der Waals surface area contributed by atoms with Crippen LogP contribution in [0.2, 0.25) is 0 Å². The van der Waals surface area contributed by atoms with Crippen LogP contribution in [0.15, 0.2) is 35.7 Å². The first-order valence-corrected chi connectivity index (χ1v) is 6.34. The number of benzene rings is 1.